The zero-order valence-corrected chi connectivity index (χ0v) is 12.4. The summed E-state index contributed by atoms with van der Waals surface area (Å²) < 4.78 is 1.05. The Labute approximate surface area is 115 Å². The molecule has 0 saturated carbocycles. The molecule has 5 heteroatoms. The Bertz CT molecular complexity index is 451. The van der Waals surface area contributed by atoms with E-state index in [-0.39, 0.29) is 10.9 Å². The lowest BCUT2D eigenvalue weighted by Gasteiger charge is -2.12. The van der Waals surface area contributed by atoms with Crippen molar-refractivity contribution >= 4 is 44.7 Å². The number of amides is 1. The summed E-state index contributed by atoms with van der Waals surface area (Å²) in [7, 11) is 0. The van der Waals surface area contributed by atoms with Crippen molar-refractivity contribution in [2.24, 2.45) is 11.7 Å². The maximum absolute atomic E-state index is 11.8. The number of hydrogen-bond acceptors (Lipinski definition) is 2. The smallest absolute Gasteiger partial charge is 0.234 e. The monoisotopic (exact) mass is 314 g/mol. The molecule has 1 rings (SSSR count). The van der Waals surface area contributed by atoms with Crippen LogP contribution in [0.3, 0.4) is 0 Å². The first-order valence-electron chi connectivity index (χ1n) is 5.20. The molecule has 0 aromatic heterocycles. The third-order valence-corrected chi connectivity index (χ3v) is 4.13. The molecule has 1 unspecified atom stereocenters. The fourth-order valence-electron chi connectivity index (χ4n) is 1.40. The number of aryl methyl sites for hydroxylation is 2. The van der Waals surface area contributed by atoms with E-state index in [4.69, 9.17) is 18.0 Å². The van der Waals surface area contributed by atoms with E-state index in [0.29, 0.717) is 0 Å². The second-order valence-electron chi connectivity index (χ2n) is 4.04. The lowest BCUT2D eigenvalue weighted by Crippen LogP contribution is -2.30. The van der Waals surface area contributed by atoms with Gasteiger partial charge in [0.2, 0.25) is 5.91 Å². The van der Waals surface area contributed by atoms with Gasteiger partial charge in [0.15, 0.2) is 0 Å². The molecule has 0 saturated heterocycles. The second kappa shape index (κ2) is 5.60. The molecule has 1 amide bonds. The average molecular weight is 315 g/mol. The lowest BCUT2D eigenvalue weighted by molar-refractivity contribution is -0.117. The van der Waals surface area contributed by atoms with Gasteiger partial charge in [0.05, 0.1) is 10.9 Å². The Balaban J connectivity index is 2.90. The van der Waals surface area contributed by atoms with E-state index in [1.807, 2.05) is 26.0 Å². The van der Waals surface area contributed by atoms with Crippen LogP contribution in [0.1, 0.15) is 18.1 Å². The number of halogens is 1. The largest absolute Gasteiger partial charge is 0.393 e. The summed E-state index contributed by atoms with van der Waals surface area (Å²) in [5.74, 6) is -0.645. The molecule has 0 spiro atoms. The van der Waals surface area contributed by atoms with E-state index in [9.17, 15) is 4.79 Å². The van der Waals surface area contributed by atoms with Crippen molar-refractivity contribution in [3.05, 3.63) is 27.7 Å². The van der Waals surface area contributed by atoms with Gasteiger partial charge >= 0.3 is 0 Å². The highest BCUT2D eigenvalue weighted by molar-refractivity contribution is 9.10. The summed E-state index contributed by atoms with van der Waals surface area (Å²) in [6.07, 6.45) is 0. The molecule has 3 nitrogen and oxygen atoms in total. The van der Waals surface area contributed by atoms with Crippen LogP contribution in [0.15, 0.2) is 16.6 Å². The van der Waals surface area contributed by atoms with E-state index in [2.05, 4.69) is 21.2 Å². The van der Waals surface area contributed by atoms with Crippen LogP contribution in [0.2, 0.25) is 0 Å². The number of anilines is 1. The number of carbonyl (C=O) groups excluding carboxylic acids is 1. The van der Waals surface area contributed by atoms with Crippen LogP contribution in [-0.4, -0.2) is 10.9 Å². The highest BCUT2D eigenvalue weighted by Crippen LogP contribution is 2.25. The van der Waals surface area contributed by atoms with Crippen LogP contribution in [0, 0.1) is 19.8 Å². The third kappa shape index (κ3) is 3.51. The summed E-state index contributed by atoms with van der Waals surface area (Å²) in [5.41, 5.74) is 8.34. The van der Waals surface area contributed by atoms with Crippen LogP contribution in [0.25, 0.3) is 0 Å². The molecule has 0 fully saturated rings. The van der Waals surface area contributed by atoms with Crippen molar-refractivity contribution < 1.29 is 4.79 Å². The fraction of sp³-hybridized carbons (Fsp3) is 0.333. The van der Waals surface area contributed by atoms with Gasteiger partial charge in [-0.2, -0.15) is 0 Å². The van der Waals surface area contributed by atoms with E-state index >= 15 is 0 Å². The molecule has 92 valence electrons. The maximum Gasteiger partial charge on any atom is 0.234 e. The summed E-state index contributed by atoms with van der Waals surface area (Å²) in [6, 6.07) is 3.81. The zero-order chi connectivity index (χ0) is 13.2. The number of thiocarbonyl (C=S) groups is 1. The molecule has 1 aromatic carbocycles. The number of carbonyl (C=O) groups is 1. The van der Waals surface area contributed by atoms with E-state index < -0.39 is 5.92 Å². The quantitative estimate of drug-likeness (QED) is 0.843. The Hall–Kier alpha value is -0.940. The lowest BCUT2D eigenvalue weighted by atomic mass is 10.1. The van der Waals surface area contributed by atoms with Crippen LogP contribution in [0.4, 0.5) is 5.69 Å². The molecule has 0 bridgehead atoms. The summed E-state index contributed by atoms with van der Waals surface area (Å²) >= 11 is 8.27. The second-order valence-corrected chi connectivity index (χ2v) is 5.30. The molecule has 0 heterocycles. The highest BCUT2D eigenvalue weighted by Gasteiger charge is 2.16. The summed E-state index contributed by atoms with van der Waals surface area (Å²) in [6.45, 7) is 5.64. The van der Waals surface area contributed by atoms with Crippen LogP contribution >= 0.6 is 28.1 Å². The van der Waals surface area contributed by atoms with Crippen molar-refractivity contribution in [2.45, 2.75) is 20.8 Å². The molecule has 0 aliphatic heterocycles. The first kappa shape index (κ1) is 14.1. The normalized spacial score (nSPS) is 12.0. The van der Waals surface area contributed by atoms with Gasteiger partial charge in [-0.05, 0) is 44.0 Å². The standard InChI is InChI=1S/C12H15BrN2OS/c1-6-4-9(5-7(2)10(6)13)15-12(16)8(3)11(14)17/h4-5,8H,1-3H3,(H2,14,17)(H,15,16). The van der Waals surface area contributed by atoms with Gasteiger partial charge in [0, 0.05) is 10.2 Å². The van der Waals surface area contributed by atoms with E-state index in [0.717, 1.165) is 21.3 Å². The number of benzene rings is 1. The minimum absolute atomic E-state index is 0.182. The Morgan fingerprint density at radius 3 is 2.29 bits per heavy atom. The minimum atomic E-state index is -0.464. The van der Waals surface area contributed by atoms with Gasteiger partial charge in [-0.1, -0.05) is 28.1 Å². The first-order chi connectivity index (χ1) is 7.82. The van der Waals surface area contributed by atoms with E-state index in [1.54, 1.807) is 6.92 Å². The molecule has 1 aromatic rings. The van der Waals surface area contributed by atoms with Crippen LogP contribution < -0.4 is 11.1 Å². The highest BCUT2D eigenvalue weighted by atomic mass is 79.9. The van der Waals surface area contributed by atoms with Crippen molar-refractivity contribution in [3.8, 4) is 0 Å². The Kier molecular flexibility index (Phi) is 4.65. The molecule has 0 aliphatic rings. The summed E-state index contributed by atoms with van der Waals surface area (Å²) in [4.78, 5) is 12.0. The van der Waals surface area contributed by atoms with Crippen LogP contribution in [-0.2, 0) is 4.79 Å². The number of rotatable bonds is 3. The van der Waals surface area contributed by atoms with Crippen molar-refractivity contribution in [1.29, 1.82) is 0 Å². The predicted octanol–water partition coefficient (Wildman–Crippen LogP) is 2.93. The summed E-state index contributed by atoms with van der Waals surface area (Å²) in [5, 5.41) is 2.80. The number of nitrogens with one attached hydrogen (secondary N) is 1. The number of nitrogens with two attached hydrogens (primary N) is 1. The fourth-order valence-corrected chi connectivity index (χ4v) is 1.73. The molecule has 0 radical (unpaired) electrons. The third-order valence-electron chi connectivity index (χ3n) is 2.52. The zero-order valence-electron chi connectivity index (χ0n) is 10.0. The van der Waals surface area contributed by atoms with Gasteiger partial charge in [-0.3, -0.25) is 4.79 Å². The molecular formula is C12H15BrN2OS. The predicted molar refractivity (Wildman–Crippen MR) is 78.2 cm³/mol. The maximum atomic E-state index is 11.8. The Morgan fingerprint density at radius 2 is 1.88 bits per heavy atom. The SMILES string of the molecule is Cc1cc(NC(=O)C(C)C(N)=S)cc(C)c1Br. The van der Waals surface area contributed by atoms with Crippen LogP contribution in [0.5, 0.6) is 0 Å². The average Bonchev–Trinajstić information content (AvgIpc) is 2.24. The van der Waals surface area contributed by atoms with Gasteiger partial charge in [-0.15, -0.1) is 0 Å². The minimum Gasteiger partial charge on any atom is -0.393 e. The number of hydrogen-bond donors (Lipinski definition) is 2. The van der Waals surface area contributed by atoms with Gasteiger partial charge in [0.25, 0.3) is 0 Å². The van der Waals surface area contributed by atoms with Crippen molar-refractivity contribution in [1.82, 2.24) is 0 Å². The topological polar surface area (TPSA) is 55.1 Å². The van der Waals surface area contributed by atoms with Gasteiger partial charge in [-0.25, -0.2) is 0 Å². The first-order valence-corrected chi connectivity index (χ1v) is 6.40. The van der Waals surface area contributed by atoms with E-state index in [1.165, 1.54) is 0 Å². The van der Waals surface area contributed by atoms with Crippen molar-refractivity contribution in [3.63, 3.8) is 0 Å². The molecule has 17 heavy (non-hydrogen) atoms. The molecule has 0 aliphatic carbocycles. The van der Waals surface area contributed by atoms with Gasteiger partial charge in [0.1, 0.15) is 0 Å². The van der Waals surface area contributed by atoms with Gasteiger partial charge < -0.3 is 11.1 Å². The van der Waals surface area contributed by atoms with Crippen molar-refractivity contribution in [2.75, 3.05) is 5.32 Å². The molecular weight excluding hydrogens is 300 g/mol. The molecule has 3 N–H and O–H groups in total. The molecule has 1 atom stereocenters. The Morgan fingerprint density at radius 1 is 1.41 bits per heavy atom.